The lowest BCUT2D eigenvalue weighted by Crippen LogP contribution is -2.42. The first-order chi connectivity index (χ1) is 18.3. The van der Waals surface area contributed by atoms with Crippen LogP contribution in [-0.2, 0) is 4.74 Å². The van der Waals surface area contributed by atoms with Gasteiger partial charge in [0, 0.05) is 38.6 Å². The quantitative estimate of drug-likeness (QED) is 0.393. The first-order valence-corrected chi connectivity index (χ1v) is 13.0. The third kappa shape index (κ3) is 5.54. The van der Waals surface area contributed by atoms with Gasteiger partial charge in [0.2, 0.25) is 0 Å². The zero-order valence-electron chi connectivity index (χ0n) is 20.9. The first-order valence-electron chi connectivity index (χ1n) is 12.6. The molecular weight excluding hydrogens is 516 g/mol. The van der Waals surface area contributed by atoms with Crippen LogP contribution in [0.5, 0.6) is 0 Å². The molecule has 5 rings (SSSR count). The van der Waals surface area contributed by atoms with Crippen molar-refractivity contribution < 1.29 is 23.4 Å². The highest BCUT2D eigenvalue weighted by atomic mass is 35.5. The molecule has 8 nitrogen and oxygen atoms in total. The Morgan fingerprint density at radius 1 is 1.16 bits per heavy atom. The van der Waals surface area contributed by atoms with E-state index < -0.39 is 17.7 Å². The summed E-state index contributed by atoms with van der Waals surface area (Å²) in [4.78, 5) is 15.4. The molecule has 2 unspecified atom stereocenters. The predicted molar refractivity (Wildman–Crippen MR) is 140 cm³/mol. The number of methoxy groups -OCH3 is 1. The van der Waals surface area contributed by atoms with Crippen LogP contribution in [0.25, 0.3) is 5.69 Å². The maximum Gasteiger partial charge on any atom is 0.320 e. The standard InChI is InChI=1S/C27H30ClF2N5O3/c1-38-10-9-34-14-20(16-7-8-21(29)22(30)13-16)23(15-34)31-27(37)32-26-24(28)25(17-11-19(36)12-17)33-35(26)18-5-3-2-4-6-18/h2-8,13,17,19-20,23,36H,9-12,14-15H2,1H3,(H2,31,32,37). The molecule has 0 radical (unpaired) electrons. The van der Waals surface area contributed by atoms with Crippen molar-refractivity contribution in [2.24, 2.45) is 0 Å². The van der Waals surface area contributed by atoms with Crippen molar-refractivity contribution in [2.45, 2.75) is 36.8 Å². The van der Waals surface area contributed by atoms with E-state index in [9.17, 15) is 18.7 Å². The van der Waals surface area contributed by atoms with E-state index in [2.05, 4.69) is 20.6 Å². The molecule has 2 atom stereocenters. The highest BCUT2D eigenvalue weighted by Crippen LogP contribution is 2.42. The number of nitrogens with one attached hydrogen (secondary N) is 2. The molecule has 2 aliphatic rings. The number of aromatic nitrogens is 2. The van der Waals surface area contributed by atoms with Gasteiger partial charge in [-0.2, -0.15) is 5.10 Å². The van der Waals surface area contributed by atoms with Gasteiger partial charge in [0.1, 0.15) is 5.02 Å². The van der Waals surface area contributed by atoms with E-state index in [1.165, 1.54) is 6.07 Å². The van der Waals surface area contributed by atoms with Gasteiger partial charge >= 0.3 is 6.03 Å². The van der Waals surface area contributed by atoms with Crippen LogP contribution in [0.15, 0.2) is 48.5 Å². The molecule has 2 aromatic carbocycles. The zero-order valence-corrected chi connectivity index (χ0v) is 21.7. The number of carbonyl (C=O) groups excluding carboxylic acids is 1. The topological polar surface area (TPSA) is 91.7 Å². The molecule has 2 heterocycles. The largest absolute Gasteiger partial charge is 0.393 e. The Labute approximate surface area is 224 Å². The summed E-state index contributed by atoms with van der Waals surface area (Å²) in [5, 5.41) is 20.7. The molecule has 202 valence electrons. The number of carbonyl (C=O) groups is 1. The monoisotopic (exact) mass is 545 g/mol. The summed E-state index contributed by atoms with van der Waals surface area (Å²) in [7, 11) is 1.62. The van der Waals surface area contributed by atoms with Crippen LogP contribution in [0.2, 0.25) is 5.02 Å². The lowest BCUT2D eigenvalue weighted by molar-refractivity contribution is 0.0731. The number of para-hydroxylation sites is 1. The van der Waals surface area contributed by atoms with Crippen molar-refractivity contribution in [3.05, 3.63) is 76.4 Å². The SMILES string of the molecule is COCCN1CC(NC(=O)Nc2c(Cl)c(C3CC(O)C3)nn2-c2ccccc2)C(c2ccc(F)c(F)c2)C1. The van der Waals surface area contributed by atoms with Crippen molar-refractivity contribution >= 4 is 23.4 Å². The second kappa shape index (κ2) is 11.4. The third-order valence-corrected chi connectivity index (χ3v) is 7.65. The Kier molecular flexibility index (Phi) is 7.94. The number of likely N-dealkylation sites (tertiary alicyclic amines) is 1. The van der Waals surface area contributed by atoms with Gasteiger partial charge in [0.15, 0.2) is 17.5 Å². The number of amides is 2. The van der Waals surface area contributed by atoms with Gasteiger partial charge in [0.25, 0.3) is 0 Å². The molecule has 1 aliphatic heterocycles. The van der Waals surface area contributed by atoms with Crippen molar-refractivity contribution in [3.63, 3.8) is 0 Å². The number of aliphatic hydroxyl groups excluding tert-OH is 1. The van der Waals surface area contributed by atoms with Crippen LogP contribution >= 0.6 is 11.6 Å². The van der Waals surface area contributed by atoms with Crippen LogP contribution in [0, 0.1) is 11.6 Å². The van der Waals surface area contributed by atoms with Crippen molar-refractivity contribution in [3.8, 4) is 5.69 Å². The van der Waals surface area contributed by atoms with Crippen molar-refractivity contribution in [1.82, 2.24) is 20.0 Å². The average molecular weight is 546 g/mol. The van der Waals surface area contributed by atoms with E-state index >= 15 is 0 Å². The maximum atomic E-state index is 14.0. The minimum Gasteiger partial charge on any atom is -0.393 e. The number of urea groups is 1. The van der Waals surface area contributed by atoms with Crippen LogP contribution in [0.1, 0.15) is 35.9 Å². The van der Waals surface area contributed by atoms with E-state index in [0.717, 1.165) is 11.8 Å². The summed E-state index contributed by atoms with van der Waals surface area (Å²) in [6.45, 7) is 2.21. The number of anilines is 1. The van der Waals surface area contributed by atoms with E-state index in [1.54, 1.807) is 17.9 Å². The van der Waals surface area contributed by atoms with Gasteiger partial charge < -0.3 is 15.2 Å². The Bertz CT molecular complexity index is 1290. The number of hydrogen-bond acceptors (Lipinski definition) is 5. The van der Waals surface area contributed by atoms with Gasteiger partial charge in [0.05, 0.1) is 30.1 Å². The molecule has 0 bridgehead atoms. The minimum atomic E-state index is -0.923. The lowest BCUT2D eigenvalue weighted by Gasteiger charge is -2.30. The van der Waals surface area contributed by atoms with Crippen LogP contribution in [0.4, 0.5) is 19.4 Å². The van der Waals surface area contributed by atoms with Crippen molar-refractivity contribution in [1.29, 1.82) is 0 Å². The molecule has 38 heavy (non-hydrogen) atoms. The molecule has 1 aromatic heterocycles. The fraction of sp³-hybridized carbons (Fsp3) is 0.407. The van der Waals surface area contributed by atoms with Crippen molar-refractivity contribution in [2.75, 3.05) is 38.7 Å². The summed E-state index contributed by atoms with van der Waals surface area (Å²) >= 11 is 6.73. The summed E-state index contributed by atoms with van der Waals surface area (Å²) in [5.41, 5.74) is 1.96. The Hall–Kier alpha value is -3.05. The van der Waals surface area contributed by atoms with Gasteiger partial charge in [-0.25, -0.2) is 18.3 Å². The fourth-order valence-electron chi connectivity index (χ4n) is 5.18. The molecule has 1 aliphatic carbocycles. The second-order valence-corrected chi connectivity index (χ2v) is 10.2. The molecule has 1 saturated carbocycles. The van der Waals surface area contributed by atoms with Crippen LogP contribution in [0.3, 0.4) is 0 Å². The summed E-state index contributed by atoms with van der Waals surface area (Å²) in [6, 6.07) is 12.3. The Morgan fingerprint density at radius 2 is 1.92 bits per heavy atom. The van der Waals surface area contributed by atoms with Gasteiger partial charge in [-0.1, -0.05) is 35.9 Å². The molecule has 3 N–H and O–H groups in total. The number of nitrogens with zero attached hydrogens (tertiary/aromatic N) is 3. The number of benzene rings is 2. The summed E-state index contributed by atoms with van der Waals surface area (Å²) in [5.74, 6) is -1.76. The number of halogens is 3. The normalized spacial score (nSPS) is 23.3. The highest BCUT2D eigenvalue weighted by molar-refractivity contribution is 6.34. The molecule has 2 fully saturated rings. The lowest BCUT2D eigenvalue weighted by atomic mass is 9.80. The molecule has 11 heteroatoms. The minimum absolute atomic E-state index is 0.00741. The number of aliphatic hydroxyl groups is 1. The molecule has 2 amide bonds. The molecule has 3 aromatic rings. The van der Waals surface area contributed by atoms with E-state index in [-0.39, 0.29) is 24.0 Å². The van der Waals surface area contributed by atoms with Crippen LogP contribution < -0.4 is 10.6 Å². The first kappa shape index (κ1) is 26.6. The van der Waals surface area contributed by atoms with Crippen LogP contribution in [-0.4, -0.2) is 71.3 Å². The Morgan fingerprint density at radius 3 is 2.61 bits per heavy atom. The molecular formula is C27H30ClF2N5O3. The van der Waals surface area contributed by atoms with E-state index in [1.807, 2.05) is 30.3 Å². The summed E-state index contributed by atoms with van der Waals surface area (Å²) < 4.78 is 34.4. The fourth-order valence-corrected chi connectivity index (χ4v) is 5.50. The van der Waals surface area contributed by atoms with E-state index in [0.29, 0.717) is 61.2 Å². The highest BCUT2D eigenvalue weighted by Gasteiger charge is 2.37. The smallest absolute Gasteiger partial charge is 0.320 e. The number of hydrogen-bond donors (Lipinski definition) is 3. The predicted octanol–water partition coefficient (Wildman–Crippen LogP) is 4.28. The van der Waals surface area contributed by atoms with Gasteiger partial charge in [-0.3, -0.25) is 10.2 Å². The average Bonchev–Trinajstić information content (AvgIpc) is 3.43. The maximum absolute atomic E-state index is 14.0. The van der Waals surface area contributed by atoms with Gasteiger partial charge in [-0.05, 0) is 42.7 Å². The number of rotatable bonds is 8. The second-order valence-electron chi connectivity index (χ2n) is 9.85. The zero-order chi connectivity index (χ0) is 26.8. The summed E-state index contributed by atoms with van der Waals surface area (Å²) in [6.07, 6.45) is 0.744. The molecule has 0 spiro atoms. The number of ether oxygens (including phenoxy) is 1. The molecule has 1 saturated heterocycles. The Balaban J connectivity index is 1.38. The van der Waals surface area contributed by atoms with Gasteiger partial charge in [-0.15, -0.1) is 0 Å². The third-order valence-electron chi connectivity index (χ3n) is 7.28. The van der Waals surface area contributed by atoms with E-state index in [4.69, 9.17) is 16.3 Å².